The van der Waals surface area contributed by atoms with Crippen LogP contribution in [0, 0.1) is 0 Å². The van der Waals surface area contributed by atoms with Crippen molar-refractivity contribution in [3.05, 3.63) is 51.7 Å². The van der Waals surface area contributed by atoms with Crippen LogP contribution in [0.3, 0.4) is 0 Å². The third kappa shape index (κ3) is 4.74. The largest absolute Gasteiger partial charge is 0.464 e. The lowest BCUT2D eigenvalue weighted by molar-refractivity contribution is 0.0532. The Kier molecular flexibility index (Phi) is 5.75. The highest BCUT2D eigenvalue weighted by molar-refractivity contribution is 6.35. The fourth-order valence-corrected chi connectivity index (χ4v) is 2.69. The quantitative estimate of drug-likeness (QED) is 0.738. The molecule has 1 heterocycles. The Morgan fingerprint density at radius 1 is 1.20 bits per heavy atom. The van der Waals surface area contributed by atoms with E-state index in [0.29, 0.717) is 15.6 Å². The van der Waals surface area contributed by atoms with E-state index in [-0.39, 0.29) is 24.0 Å². The van der Waals surface area contributed by atoms with E-state index in [9.17, 15) is 9.59 Å². The van der Waals surface area contributed by atoms with Crippen molar-refractivity contribution in [2.75, 3.05) is 7.11 Å². The Morgan fingerprint density at radius 2 is 1.80 bits per heavy atom. The zero-order valence-electron chi connectivity index (χ0n) is 14.3. The summed E-state index contributed by atoms with van der Waals surface area (Å²) in [6.45, 7) is 5.70. The van der Waals surface area contributed by atoms with E-state index in [2.05, 4.69) is 9.72 Å². The predicted molar refractivity (Wildman–Crippen MR) is 93.9 cm³/mol. The number of amides is 1. The first-order valence-electron chi connectivity index (χ1n) is 7.42. The molecule has 0 unspecified atom stereocenters. The summed E-state index contributed by atoms with van der Waals surface area (Å²) in [5, 5.41) is 0.739. The van der Waals surface area contributed by atoms with Crippen LogP contribution in [0.4, 0.5) is 0 Å². The van der Waals surface area contributed by atoms with Crippen molar-refractivity contribution in [3.8, 4) is 0 Å². The number of aromatic nitrogens is 1. The summed E-state index contributed by atoms with van der Waals surface area (Å²) < 4.78 is 9.88. The molecule has 0 aliphatic heterocycles. The minimum Gasteiger partial charge on any atom is -0.464 e. The maximum absolute atomic E-state index is 12.9. The van der Waals surface area contributed by atoms with Crippen LogP contribution >= 0.6 is 23.2 Å². The Bertz CT molecular complexity index is 776. The molecule has 1 aromatic heterocycles. The smallest absolute Gasteiger partial charge is 0.360 e. The van der Waals surface area contributed by atoms with E-state index in [4.69, 9.17) is 27.6 Å². The first kappa shape index (κ1) is 19.3. The van der Waals surface area contributed by atoms with Gasteiger partial charge >= 0.3 is 5.97 Å². The van der Waals surface area contributed by atoms with Crippen LogP contribution in [0.2, 0.25) is 10.0 Å². The third-order valence-electron chi connectivity index (χ3n) is 3.40. The molecule has 8 heteroatoms. The molecular formula is C17H18Cl2N2O4. The van der Waals surface area contributed by atoms with Gasteiger partial charge in [-0.2, -0.15) is 0 Å². The van der Waals surface area contributed by atoms with Gasteiger partial charge in [0.05, 0.1) is 13.7 Å². The second-order valence-electron chi connectivity index (χ2n) is 6.34. The highest BCUT2D eigenvalue weighted by Crippen LogP contribution is 2.25. The molecule has 0 saturated carbocycles. The number of nitrogens with zero attached hydrogens (tertiary/aromatic N) is 2. The lowest BCUT2D eigenvalue weighted by atomic mass is 10.0. The summed E-state index contributed by atoms with van der Waals surface area (Å²) in [6, 6.07) is 4.64. The van der Waals surface area contributed by atoms with Crippen molar-refractivity contribution in [2.24, 2.45) is 0 Å². The number of oxazole rings is 1. The van der Waals surface area contributed by atoms with Crippen LogP contribution in [-0.4, -0.2) is 34.4 Å². The van der Waals surface area contributed by atoms with Crippen molar-refractivity contribution in [1.29, 1.82) is 0 Å². The van der Waals surface area contributed by atoms with E-state index in [1.54, 1.807) is 23.1 Å². The molecule has 25 heavy (non-hydrogen) atoms. The normalized spacial score (nSPS) is 11.3. The molecule has 0 spiro atoms. The number of ether oxygens (including phenoxy) is 1. The van der Waals surface area contributed by atoms with E-state index in [1.807, 2.05) is 20.8 Å². The maximum atomic E-state index is 12.9. The summed E-state index contributed by atoms with van der Waals surface area (Å²) in [6.07, 6.45) is 1.20. The van der Waals surface area contributed by atoms with E-state index in [1.165, 1.54) is 13.4 Å². The van der Waals surface area contributed by atoms with Crippen LogP contribution < -0.4 is 0 Å². The molecule has 1 aromatic carbocycles. The molecule has 0 radical (unpaired) electrons. The fraction of sp³-hybridized carbons (Fsp3) is 0.353. The number of halogens is 2. The van der Waals surface area contributed by atoms with Crippen molar-refractivity contribution in [1.82, 2.24) is 9.88 Å². The zero-order valence-corrected chi connectivity index (χ0v) is 15.8. The third-order valence-corrected chi connectivity index (χ3v) is 3.84. The molecule has 2 rings (SSSR count). The number of methoxy groups -OCH3 is 1. The van der Waals surface area contributed by atoms with Gasteiger partial charge in [0.1, 0.15) is 6.26 Å². The number of hydrogen-bond acceptors (Lipinski definition) is 5. The Labute approximate surface area is 155 Å². The average Bonchev–Trinajstić information content (AvgIpc) is 2.98. The fourth-order valence-electron chi connectivity index (χ4n) is 2.16. The van der Waals surface area contributed by atoms with Crippen molar-refractivity contribution in [2.45, 2.75) is 32.9 Å². The van der Waals surface area contributed by atoms with Gasteiger partial charge in [-0.15, -0.1) is 0 Å². The standard InChI is InChI=1S/C17H18Cl2N2O4/c1-17(2,3)21(8-14-20-13(9-25-14)16(23)24-4)15(22)10-5-11(18)7-12(19)6-10/h5-7,9H,8H2,1-4H3. The Hall–Kier alpha value is -2.05. The van der Waals surface area contributed by atoms with E-state index < -0.39 is 11.5 Å². The molecule has 0 aliphatic carbocycles. The second-order valence-corrected chi connectivity index (χ2v) is 7.21. The van der Waals surface area contributed by atoms with Gasteiger partial charge in [0.25, 0.3) is 5.91 Å². The van der Waals surface area contributed by atoms with Gasteiger partial charge in [0.15, 0.2) is 5.69 Å². The predicted octanol–water partition coefficient (Wildman–Crippen LogP) is 4.21. The van der Waals surface area contributed by atoms with Gasteiger partial charge in [-0.25, -0.2) is 9.78 Å². The van der Waals surface area contributed by atoms with Crippen molar-refractivity contribution in [3.63, 3.8) is 0 Å². The number of hydrogen-bond donors (Lipinski definition) is 0. The van der Waals surface area contributed by atoms with Crippen LogP contribution in [0.5, 0.6) is 0 Å². The number of carbonyl (C=O) groups excluding carboxylic acids is 2. The van der Waals surface area contributed by atoms with Gasteiger partial charge in [-0.3, -0.25) is 4.79 Å². The van der Waals surface area contributed by atoms with Gasteiger partial charge in [0, 0.05) is 21.1 Å². The van der Waals surface area contributed by atoms with Gasteiger partial charge in [-0.1, -0.05) is 23.2 Å². The summed E-state index contributed by atoms with van der Waals surface area (Å²) in [7, 11) is 1.25. The summed E-state index contributed by atoms with van der Waals surface area (Å²) >= 11 is 12.0. The first-order valence-corrected chi connectivity index (χ1v) is 8.18. The Balaban J connectivity index is 2.32. The molecule has 0 bridgehead atoms. The summed E-state index contributed by atoms with van der Waals surface area (Å²) in [5.74, 6) is -0.670. The molecule has 0 fully saturated rings. The number of rotatable bonds is 4. The monoisotopic (exact) mass is 384 g/mol. The van der Waals surface area contributed by atoms with Gasteiger partial charge in [-0.05, 0) is 39.0 Å². The van der Waals surface area contributed by atoms with Crippen LogP contribution in [0.1, 0.15) is 47.5 Å². The van der Waals surface area contributed by atoms with Gasteiger partial charge < -0.3 is 14.1 Å². The van der Waals surface area contributed by atoms with Crippen LogP contribution in [0.15, 0.2) is 28.9 Å². The molecule has 0 N–H and O–H groups in total. The number of carbonyl (C=O) groups is 2. The minimum atomic E-state index is -0.606. The second kappa shape index (κ2) is 7.45. The SMILES string of the molecule is COC(=O)c1coc(CN(C(=O)c2cc(Cl)cc(Cl)c2)C(C)(C)C)n1. The molecule has 134 valence electrons. The van der Waals surface area contributed by atoms with Crippen LogP contribution in [0.25, 0.3) is 0 Å². The van der Waals surface area contributed by atoms with Gasteiger partial charge in [0.2, 0.25) is 5.89 Å². The molecule has 1 amide bonds. The highest BCUT2D eigenvalue weighted by atomic mass is 35.5. The maximum Gasteiger partial charge on any atom is 0.360 e. The summed E-state index contributed by atoms with van der Waals surface area (Å²) in [4.78, 5) is 30.0. The molecule has 0 saturated heterocycles. The highest BCUT2D eigenvalue weighted by Gasteiger charge is 2.29. The zero-order chi connectivity index (χ0) is 18.8. The lowest BCUT2D eigenvalue weighted by Crippen LogP contribution is -2.45. The molecule has 0 aliphatic rings. The number of benzene rings is 1. The van der Waals surface area contributed by atoms with E-state index >= 15 is 0 Å². The topological polar surface area (TPSA) is 72.6 Å². The Morgan fingerprint density at radius 3 is 2.32 bits per heavy atom. The first-order chi connectivity index (χ1) is 11.6. The molecule has 0 atom stereocenters. The molecule has 6 nitrogen and oxygen atoms in total. The molecular weight excluding hydrogens is 367 g/mol. The summed E-state index contributed by atoms with van der Waals surface area (Å²) in [5.41, 5.74) is -0.136. The number of esters is 1. The van der Waals surface area contributed by atoms with E-state index in [0.717, 1.165) is 0 Å². The lowest BCUT2D eigenvalue weighted by Gasteiger charge is -2.35. The average molecular weight is 385 g/mol. The van der Waals surface area contributed by atoms with Crippen molar-refractivity contribution < 1.29 is 18.7 Å². The van der Waals surface area contributed by atoms with Crippen LogP contribution in [-0.2, 0) is 11.3 Å². The van der Waals surface area contributed by atoms with Crippen molar-refractivity contribution >= 4 is 35.1 Å². The molecule has 2 aromatic rings. The minimum absolute atomic E-state index is 0.0459.